The molecule has 0 aliphatic carbocycles. The van der Waals surface area contributed by atoms with Gasteiger partial charge in [-0.2, -0.15) is 0 Å². The molecule has 8 bridgehead atoms. The Morgan fingerprint density at radius 1 is 0.333 bits per heavy atom. The van der Waals surface area contributed by atoms with E-state index in [1.165, 1.54) is 0 Å². The number of aromatic nitrogens is 4. The van der Waals surface area contributed by atoms with E-state index in [-0.39, 0.29) is 0 Å². The number of hydrogen-bond donors (Lipinski definition) is 2. The zero-order valence-electron chi connectivity index (χ0n) is 27.1. The van der Waals surface area contributed by atoms with Gasteiger partial charge in [-0.25, -0.2) is 9.97 Å². The molecule has 3 aromatic heterocycles. The topological polar surface area (TPSA) is 57.4 Å². The minimum absolute atomic E-state index is 0.382. The summed E-state index contributed by atoms with van der Waals surface area (Å²) in [4.78, 5) is 18.3. The van der Waals surface area contributed by atoms with Gasteiger partial charge in [0.1, 0.15) is 0 Å². The summed E-state index contributed by atoms with van der Waals surface area (Å²) in [5.74, 6) is 0. The third-order valence-corrected chi connectivity index (χ3v) is 9.00. The molecule has 0 unspecified atom stereocenters. The van der Waals surface area contributed by atoms with Gasteiger partial charge in [0.05, 0.1) is 22.8 Å². The van der Waals surface area contributed by atoms with Crippen LogP contribution in [0.4, 0.5) is 0 Å². The Morgan fingerprint density at radius 3 is 0.765 bits per heavy atom. The summed E-state index contributed by atoms with van der Waals surface area (Å²) in [6.45, 7) is 0. The van der Waals surface area contributed by atoms with Crippen molar-refractivity contribution < 1.29 is 12.9 Å². The minimum atomic E-state index is 0.382. The molecule has 0 radical (unpaired) electrons. The quantitative estimate of drug-likeness (QED) is 0.189. The van der Waals surface area contributed by atoms with E-state index in [0.717, 1.165) is 89.4 Å². The van der Waals surface area contributed by atoms with Crippen LogP contribution in [0, 0.1) is 0 Å². The number of halogens is 2. The summed E-state index contributed by atoms with van der Waals surface area (Å²) in [6, 6.07) is 50.7. The zero-order valence-corrected chi connectivity index (χ0v) is 29.7. The third-order valence-electron chi connectivity index (χ3n) is 9.00. The molecule has 0 fully saturated rings. The molecule has 5 heterocycles. The van der Waals surface area contributed by atoms with Crippen LogP contribution in [0.3, 0.4) is 0 Å². The monoisotopic (exact) mass is 743 g/mol. The number of fused-ring (bicyclic) bond motifs is 8. The van der Waals surface area contributed by atoms with E-state index in [4.69, 9.17) is 30.3 Å². The van der Waals surface area contributed by atoms with Crippen molar-refractivity contribution in [3.8, 4) is 44.5 Å². The van der Waals surface area contributed by atoms with Crippen LogP contribution >= 0.6 is 20.3 Å². The van der Waals surface area contributed by atoms with Gasteiger partial charge in [0.2, 0.25) is 0 Å². The second kappa shape index (κ2) is 14.8. The van der Waals surface area contributed by atoms with Crippen molar-refractivity contribution in [2.75, 3.05) is 0 Å². The van der Waals surface area contributed by atoms with E-state index in [2.05, 4.69) is 156 Å². The molecule has 0 saturated heterocycles. The number of aromatic amines is 2. The van der Waals surface area contributed by atoms with Gasteiger partial charge in [0.25, 0.3) is 0 Å². The van der Waals surface area contributed by atoms with Gasteiger partial charge in [-0.3, -0.25) is 0 Å². The summed E-state index contributed by atoms with van der Waals surface area (Å²) in [6.07, 6.45) is 8.54. The van der Waals surface area contributed by atoms with Gasteiger partial charge in [-0.1, -0.05) is 121 Å². The molecule has 2 aliphatic heterocycles. The van der Waals surface area contributed by atoms with E-state index < -0.39 is 0 Å². The van der Waals surface area contributed by atoms with Crippen molar-refractivity contribution in [3.63, 3.8) is 0 Å². The van der Waals surface area contributed by atoms with Gasteiger partial charge < -0.3 is 9.97 Å². The van der Waals surface area contributed by atoms with Gasteiger partial charge in [0, 0.05) is 44.3 Å². The first-order valence-electron chi connectivity index (χ1n) is 16.4. The van der Waals surface area contributed by atoms with Crippen LogP contribution in [0.25, 0.3) is 90.9 Å². The number of benzene rings is 4. The van der Waals surface area contributed by atoms with Crippen LogP contribution in [-0.4, -0.2) is 19.9 Å². The SMILES string of the molecule is C1=Cc2nc1c(-c1ccccc1)c1ccc([nH]1)c(-c1ccccc1)c1nc(c(-c3ccccc3)c3ccc([nH]3)c2-c2ccccc2)C=C1.[Cl][Co][Cl]. The number of H-pyrrole nitrogens is 2. The molecule has 4 aromatic carbocycles. The van der Waals surface area contributed by atoms with Gasteiger partial charge in [0.15, 0.2) is 0 Å². The summed E-state index contributed by atoms with van der Waals surface area (Å²) in [7, 11) is 9.47. The maximum atomic E-state index is 5.35. The molecule has 0 amide bonds. The first-order chi connectivity index (χ1) is 25.2. The fourth-order valence-electron chi connectivity index (χ4n) is 6.84. The van der Waals surface area contributed by atoms with Crippen LogP contribution in [0.1, 0.15) is 22.8 Å². The van der Waals surface area contributed by atoms with Crippen LogP contribution in [0.5, 0.6) is 0 Å². The number of nitrogens with zero attached hydrogens (tertiary/aromatic N) is 2. The number of hydrogen-bond acceptors (Lipinski definition) is 2. The van der Waals surface area contributed by atoms with Gasteiger partial charge in [-0.05, 0) is 70.8 Å². The van der Waals surface area contributed by atoms with Crippen molar-refractivity contribution in [2.45, 2.75) is 0 Å². The standard InChI is InChI=1S/C44H30N4.2ClH.Co/c1-5-13-29(14-6-1)41-33-21-23-35(45-33)42(30-15-7-2-8-16-30)37-25-27-39(47-37)44(32-19-11-4-12-20-32)40-28-26-38(48-40)43(31-17-9-3-10-18-31)36-24-22-34(41)46-36;;;/h1-28,45,48H;2*1H;/q;;;+2/p-2. The summed E-state index contributed by atoms with van der Waals surface area (Å²) in [5, 5.41) is 0. The van der Waals surface area contributed by atoms with Crippen molar-refractivity contribution in [2.24, 2.45) is 0 Å². The fraction of sp³-hybridized carbons (Fsp3) is 0. The first kappa shape index (κ1) is 32.8. The zero-order chi connectivity index (χ0) is 34.6. The Balaban J connectivity index is 0.00000121. The van der Waals surface area contributed by atoms with E-state index in [9.17, 15) is 0 Å². The van der Waals surface area contributed by atoms with E-state index >= 15 is 0 Å². The molecule has 0 spiro atoms. The Morgan fingerprint density at radius 2 is 0.549 bits per heavy atom. The van der Waals surface area contributed by atoms with Crippen LogP contribution in [0.2, 0.25) is 0 Å². The molecule has 0 saturated carbocycles. The normalized spacial score (nSPS) is 11.7. The fourth-order valence-corrected chi connectivity index (χ4v) is 6.84. The molecule has 51 heavy (non-hydrogen) atoms. The Bertz CT molecular complexity index is 2210. The molecule has 9 rings (SSSR count). The van der Waals surface area contributed by atoms with E-state index in [0.29, 0.717) is 12.9 Å². The van der Waals surface area contributed by atoms with Crippen LogP contribution in [-0.2, 0) is 12.9 Å². The molecule has 7 heteroatoms. The van der Waals surface area contributed by atoms with Crippen molar-refractivity contribution in [3.05, 3.63) is 168 Å². The predicted octanol–water partition coefficient (Wildman–Crippen LogP) is 12.7. The molecule has 2 N–H and O–H groups in total. The van der Waals surface area contributed by atoms with E-state index in [1.54, 1.807) is 0 Å². The molecule has 0 atom stereocenters. The third kappa shape index (κ3) is 6.61. The molecule has 2 aliphatic rings. The number of rotatable bonds is 4. The maximum absolute atomic E-state index is 5.35. The van der Waals surface area contributed by atoms with Crippen molar-refractivity contribution >= 4 is 66.7 Å². The average molecular weight is 745 g/mol. The predicted molar refractivity (Wildman–Crippen MR) is 212 cm³/mol. The summed E-state index contributed by atoms with van der Waals surface area (Å²) < 4.78 is 0. The van der Waals surface area contributed by atoms with Crippen LogP contribution < -0.4 is 0 Å². The molecule has 7 aromatic rings. The van der Waals surface area contributed by atoms with Crippen molar-refractivity contribution in [1.29, 1.82) is 0 Å². The average Bonchev–Trinajstić information content (AvgIpc) is 4.02. The Kier molecular flexibility index (Phi) is 9.51. The Hall–Kier alpha value is -5.43. The summed E-state index contributed by atoms with van der Waals surface area (Å²) >= 11 is 0.382. The summed E-state index contributed by atoms with van der Waals surface area (Å²) in [5.41, 5.74) is 16.2. The van der Waals surface area contributed by atoms with Crippen LogP contribution in [0.15, 0.2) is 146 Å². The van der Waals surface area contributed by atoms with Gasteiger partial charge >= 0.3 is 33.2 Å². The first-order valence-corrected chi connectivity index (χ1v) is 19.3. The van der Waals surface area contributed by atoms with E-state index in [1.807, 2.05) is 24.3 Å². The molecule has 249 valence electrons. The van der Waals surface area contributed by atoms with Crippen molar-refractivity contribution in [1.82, 2.24) is 19.9 Å². The molecular weight excluding hydrogens is 714 g/mol. The number of nitrogens with one attached hydrogen (secondary N) is 2. The second-order valence-corrected chi connectivity index (χ2v) is 13.7. The molecular formula is C44H30Cl2CoN4. The van der Waals surface area contributed by atoms with Gasteiger partial charge in [-0.15, -0.1) is 0 Å². The second-order valence-electron chi connectivity index (χ2n) is 12.0. The Labute approximate surface area is 310 Å². The molecule has 4 nitrogen and oxygen atoms in total.